The molecule has 1 saturated heterocycles. The van der Waals surface area contributed by atoms with Gasteiger partial charge >= 0.3 is 6.03 Å². The van der Waals surface area contributed by atoms with Gasteiger partial charge in [0.15, 0.2) is 0 Å². The summed E-state index contributed by atoms with van der Waals surface area (Å²) < 4.78 is 0. The summed E-state index contributed by atoms with van der Waals surface area (Å²) in [5.74, 6) is -0.0524. The number of carbonyl (C=O) groups is 2. The van der Waals surface area contributed by atoms with Gasteiger partial charge in [-0.3, -0.25) is 4.79 Å². The third-order valence-corrected chi connectivity index (χ3v) is 7.19. The highest BCUT2D eigenvalue weighted by molar-refractivity contribution is 7.17. The third-order valence-electron chi connectivity index (χ3n) is 5.98. The van der Waals surface area contributed by atoms with E-state index in [1.165, 1.54) is 21.6 Å². The lowest BCUT2D eigenvalue weighted by atomic mass is 9.91. The lowest BCUT2D eigenvalue weighted by molar-refractivity contribution is 0.0955. The van der Waals surface area contributed by atoms with E-state index in [1.807, 2.05) is 35.2 Å². The zero-order valence-corrected chi connectivity index (χ0v) is 18.1. The van der Waals surface area contributed by atoms with Crippen molar-refractivity contribution in [2.75, 3.05) is 18.4 Å². The van der Waals surface area contributed by atoms with Gasteiger partial charge in [0.25, 0.3) is 5.91 Å². The highest BCUT2D eigenvalue weighted by Crippen LogP contribution is 2.39. The fourth-order valence-electron chi connectivity index (χ4n) is 4.33. The van der Waals surface area contributed by atoms with Gasteiger partial charge in [0, 0.05) is 30.2 Å². The molecule has 0 bridgehead atoms. The minimum atomic E-state index is -0.0527. The smallest absolute Gasteiger partial charge is 0.321 e. The SMILES string of the molecule is O=C(NCc1cccc(NC(=O)N2CCCC2)c1)c1cc2c(s1)-c1ccccc1CC2. The first kappa shape index (κ1) is 19.8. The Bertz CT molecular complexity index is 1130. The number of hydrogen-bond acceptors (Lipinski definition) is 3. The van der Waals surface area contributed by atoms with E-state index in [4.69, 9.17) is 0 Å². The number of anilines is 1. The highest BCUT2D eigenvalue weighted by atomic mass is 32.1. The summed E-state index contributed by atoms with van der Waals surface area (Å²) in [7, 11) is 0. The molecule has 0 saturated carbocycles. The molecule has 2 aromatic carbocycles. The number of aryl methyl sites for hydroxylation is 2. The first-order chi connectivity index (χ1) is 15.2. The van der Waals surface area contributed by atoms with Gasteiger partial charge in [0.1, 0.15) is 0 Å². The molecule has 6 heteroatoms. The van der Waals surface area contributed by atoms with E-state index >= 15 is 0 Å². The molecule has 0 unspecified atom stereocenters. The van der Waals surface area contributed by atoms with Crippen molar-refractivity contribution in [1.82, 2.24) is 10.2 Å². The number of urea groups is 1. The quantitative estimate of drug-likeness (QED) is 0.606. The van der Waals surface area contributed by atoms with Crippen LogP contribution in [0.15, 0.2) is 54.6 Å². The second-order valence-corrected chi connectivity index (χ2v) is 9.18. The first-order valence-electron chi connectivity index (χ1n) is 10.8. The number of nitrogens with zero attached hydrogens (tertiary/aromatic N) is 1. The van der Waals surface area contributed by atoms with Gasteiger partial charge in [-0.2, -0.15) is 0 Å². The molecule has 3 amide bonds. The number of thiophene rings is 1. The molecular weight excluding hydrogens is 406 g/mol. The Morgan fingerprint density at radius 2 is 1.74 bits per heavy atom. The first-order valence-corrected chi connectivity index (χ1v) is 11.6. The van der Waals surface area contributed by atoms with Crippen molar-refractivity contribution in [2.45, 2.75) is 32.2 Å². The van der Waals surface area contributed by atoms with E-state index in [-0.39, 0.29) is 11.9 Å². The van der Waals surface area contributed by atoms with Crippen molar-refractivity contribution in [2.24, 2.45) is 0 Å². The molecule has 5 nitrogen and oxygen atoms in total. The maximum Gasteiger partial charge on any atom is 0.321 e. The van der Waals surface area contributed by atoms with E-state index in [0.29, 0.717) is 6.54 Å². The largest absolute Gasteiger partial charge is 0.347 e. The van der Waals surface area contributed by atoms with E-state index in [9.17, 15) is 9.59 Å². The molecule has 1 aliphatic heterocycles. The molecule has 0 atom stereocenters. The van der Waals surface area contributed by atoms with Gasteiger partial charge in [-0.1, -0.05) is 36.4 Å². The van der Waals surface area contributed by atoms with E-state index in [0.717, 1.165) is 54.9 Å². The van der Waals surface area contributed by atoms with Crippen LogP contribution in [0.2, 0.25) is 0 Å². The van der Waals surface area contributed by atoms with Gasteiger partial charge in [0.2, 0.25) is 0 Å². The average molecular weight is 432 g/mol. The van der Waals surface area contributed by atoms with Crippen molar-refractivity contribution >= 4 is 29.0 Å². The third kappa shape index (κ3) is 4.21. The monoisotopic (exact) mass is 431 g/mol. The van der Waals surface area contributed by atoms with Crippen molar-refractivity contribution < 1.29 is 9.59 Å². The van der Waals surface area contributed by atoms with Crippen LogP contribution in [0.25, 0.3) is 10.4 Å². The molecule has 1 aliphatic carbocycles. The van der Waals surface area contributed by atoms with Crippen LogP contribution < -0.4 is 10.6 Å². The predicted molar refractivity (Wildman–Crippen MR) is 125 cm³/mol. The van der Waals surface area contributed by atoms with Gasteiger partial charge in [-0.15, -0.1) is 11.3 Å². The average Bonchev–Trinajstić information content (AvgIpc) is 3.48. The molecule has 5 rings (SSSR count). The van der Waals surface area contributed by atoms with E-state index < -0.39 is 0 Å². The van der Waals surface area contributed by atoms with Crippen molar-refractivity contribution in [3.63, 3.8) is 0 Å². The van der Waals surface area contributed by atoms with Crippen molar-refractivity contribution in [3.05, 3.63) is 76.2 Å². The fourth-order valence-corrected chi connectivity index (χ4v) is 5.52. The number of benzene rings is 2. The van der Waals surface area contributed by atoms with Gasteiger partial charge in [-0.25, -0.2) is 4.79 Å². The Labute approximate surface area is 186 Å². The van der Waals surface area contributed by atoms with Gasteiger partial charge in [-0.05, 0) is 66.1 Å². The van der Waals surface area contributed by atoms with Crippen LogP contribution in [0.5, 0.6) is 0 Å². The van der Waals surface area contributed by atoms with Crippen LogP contribution in [-0.4, -0.2) is 29.9 Å². The zero-order valence-electron chi connectivity index (χ0n) is 17.3. The second-order valence-electron chi connectivity index (χ2n) is 8.13. The molecular formula is C25H25N3O2S. The number of rotatable bonds is 4. The lowest BCUT2D eigenvalue weighted by Gasteiger charge is -2.16. The number of hydrogen-bond donors (Lipinski definition) is 2. The van der Waals surface area contributed by atoms with Crippen LogP contribution in [0.1, 0.15) is 39.2 Å². The molecule has 3 aromatic rings. The van der Waals surface area contributed by atoms with Crippen LogP contribution >= 0.6 is 11.3 Å². The number of fused-ring (bicyclic) bond motifs is 3. The van der Waals surface area contributed by atoms with Gasteiger partial charge < -0.3 is 15.5 Å². The topological polar surface area (TPSA) is 61.4 Å². The van der Waals surface area contributed by atoms with E-state index in [2.05, 4.69) is 34.9 Å². The molecule has 0 spiro atoms. The Hall–Kier alpha value is -3.12. The molecule has 2 aliphatic rings. The normalized spacial score (nSPS) is 14.6. The van der Waals surface area contributed by atoms with Crippen molar-refractivity contribution in [3.8, 4) is 10.4 Å². The summed E-state index contributed by atoms with van der Waals surface area (Å²) in [6.45, 7) is 2.05. The predicted octanol–water partition coefficient (Wildman–Crippen LogP) is 5.07. The maximum absolute atomic E-state index is 12.8. The Morgan fingerprint density at radius 3 is 2.61 bits per heavy atom. The summed E-state index contributed by atoms with van der Waals surface area (Å²) in [6.07, 6.45) is 4.14. The van der Waals surface area contributed by atoms with Crippen LogP contribution in [-0.2, 0) is 19.4 Å². The highest BCUT2D eigenvalue weighted by Gasteiger charge is 2.21. The molecule has 2 N–H and O–H groups in total. The molecule has 31 heavy (non-hydrogen) atoms. The molecule has 1 aromatic heterocycles. The molecule has 0 radical (unpaired) electrons. The number of amides is 3. The van der Waals surface area contributed by atoms with Crippen LogP contribution in [0.3, 0.4) is 0 Å². The van der Waals surface area contributed by atoms with Gasteiger partial charge in [0.05, 0.1) is 4.88 Å². The summed E-state index contributed by atoms with van der Waals surface area (Å²) in [6, 6.07) is 18.1. The molecule has 2 heterocycles. The standard InChI is InChI=1S/C25H25N3O2S/c29-24(22-15-19-11-10-18-7-1-2-9-21(18)23(19)31-22)26-16-17-6-5-8-20(14-17)27-25(30)28-12-3-4-13-28/h1-2,5-9,14-15H,3-4,10-13,16H2,(H,26,29)(H,27,30). The maximum atomic E-state index is 12.8. The summed E-state index contributed by atoms with van der Waals surface area (Å²) in [5.41, 5.74) is 5.59. The number of likely N-dealkylation sites (tertiary alicyclic amines) is 1. The summed E-state index contributed by atoms with van der Waals surface area (Å²) in [5, 5.41) is 5.99. The lowest BCUT2D eigenvalue weighted by Crippen LogP contribution is -2.32. The molecule has 158 valence electrons. The van der Waals surface area contributed by atoms with Crippen LogP contribution in [0.4, 0.5) is 10.5 Å². The Balaban J connectivity index is 1.23. The summed E-state index contributed by atoms with van der Waals surface area (Å²) in [4.78, 5) is 28.9. The minimum Gasteiger partial charge on any atom is -0.347 e. The van der Waals surface area contributed by atoms with Crippen molar-refractivity contribution in [1.29, 1.82) is 0 Å². The second kappa shape index (κ2) is 8.55. The van der Waals surface area contributed by atoms with E-state index in [1.54, 1.807) is 11.3 Å². The summed E-state index contributed by atoms with van der Waals surface area (Å²) >= 11 is 1.57. The Kier molecular flexibility index (Phi) is 5.47. The molecule has 1 fully saturated rings. The number of carbonyl (C=O) groups excluding carboxylic acids is 2. The number of nitrogens with one attached hydrogen (secondary N) is 2. The van der Waals surface area contributed by atoms with Crippen LogP contribution in [0, 0.1) is 0 Å². The Morgan fingerprint density at radius 1 is 0.935 bits per heavy atom. The fraction of sp³-hybridized carbons (Fsp3) is 0.280. The zero-order chi connectivity index (χ0) is 21.2. The minimum absolute atomic E-state index is 0.0524.